The molecule has 0 saturated heterocycles. The molecule has 110 valence electrons. The lowest BCUT2D eigenvalue weighted by Gasteiger charge is -2.12. The zero-order valence-electron chi connectivity index (χ0n) is 12.9. The summed E-state index contributed by atoms with van der Waals surface area (Å²) in [6, 6.07) is 13.6. The molecule has 0 aliphatic carbocycles. The van der Waals surface area contributed by atoms with Crippen molar-refractivity contribution in [1.29, 1.82) is 0 Å². The second-order valence-corrected chi connectivity index (χ2v) is 4.92. The first-order chi connectivity index (χ1) is 10.2. The van der Waals surface area contributed by atoms with Crippen LogP contribution in [0.25, 0.3) is 0 Å². The molecular formula is C18H22N2O. The maximum atomic E-state index is 12.7. The number of carbonyl (C=O) groups is 1. The summed E-state index contributed by atoms with van der Waals surface area (Å²) in [5, 5.41) is 6.33. The molecule has 2 aromatic rings. The van der Waals surface area contributed by atoms with Crippen LogP contribution in [-0.2, 0) is 6.42 Å². The van der Waals surface area contributed by atoms with Gasteiger partial charge in [-0.15, -0.1) is 0 Å². The molecule has 0 amide bonds. The van der Waals surface area contributed by atoms with Gasteiger partial charge in [0.05, 0.1) is 0 Å². The number of ketones is 1. The molecule has 3 heteroatoms. The lowest BCUT2D eigenvalue weighted by atomic mass is 9.98. The van der Waals surface area contributed by atoms with E-state index in [9.17, 15) is 4.79 Å². The first-order valence-electron chi connectivity index (χ1n) is 7.38. The van der Waals surface area contributed by atoms with Gasteiger partial charge >= 0.3 is 0 Å². The number of carbonyl (C=O) groups excluding carboxylic acids is 1. The summed E-state index contributed by atoms with van der Waals surface area (Å²) in [5.74, 6) is 0.0592. The Bertz CT molecular complexity index is 618. The molecule has 0 fully saturated rings. The highest BCUT2D eigenvalue weighted by Crippen LogP contribution is 2.22. The fourth-order valence-corrected chi connectivity index (χ4v) is 2.29. The molecule has 0 saturated carbocycles. The Kier molecular flexibility index (Phi) is 4.99. The average Bonchev–Trinajstić information content (AvgIpc) is 2.55. The van der Waals surface area contributed by atoms with E-state index in [4.69, 9.17) is 0 Å². The van der Waals surface area contributed by atoms with Crippen molar-refractivity contribution in [2.45, 2.75) is 20.3 Å². The van der Waals surface area contributed by atoms with E-state index in [0.29, 0.717) is 5.56 Å². The van der Waals surface area contributed by atoms with E-state index in [-0.39, 0.29) is 5.78 Å². The van der Waals surface area contributed by atoms with Crippen LogP contribution in [0.4, 0.5) is 11.4 Å². The molecule has 0 unspecified atom stereocenters. The third kappa shape index (κ3) is 3.43. The number of hydrogen-bond donors (Lipinski definition) is 2. The molecule has 21 heavy (non-hydrogen) atoms. The third-order valence-corrected chi connectivity index (χ3v) is 3.54. The molecule has 2 N–H and O–H groups in total. The SMILES string of the molecule is CCNc1ccc(CC)cc1C(=O)c1ccc(NC)cc1. The van der Waals surface area contributed by atoms with Crippen molar-refractivity contribution < 1.29 is 4.79 Å². The minimum Gasteiger partial charge on any atom is -0.388 e. The summed E-state index contributed by atoms with van der Waals surface area (Å²) in [6.07, 6.45) is 0.922. The van der Waals surface area contributed by atoms with Gasteiger partial charge in [-0.05, 0) is 55.3 Å². The number of hydrogen-bond acceptors (Lipinski definition) is 3. The van der Waals surface area contributed by atoms with Gasteiger partial charge in [0.15, 0.2) is 5.78 Å². The Morgan fingerprint density at radius 1 is 1.05 bits per heavy atom. The van der Waals surface area contributed by atoms with Gasteiger partial charge in [0.1, 0.15) is 0 Å². The second kappa shape index (κ2) is 6.93. The summed E-state index contributed by atoms with van der Waals surface area (Å²) >= 11 is 0. The number of aryl methyl sites for hydroxylation is 1. The predicted octanol–water partition coefficient (Wildman–Crippen LogP) is 3.95. The lowest BCUT2D eigenvalue weighted by Crippen LogP contribution is -2.08. The molecule has 0 spiro atoms. The Morgan fingerprint density at radius 2 is 1.76 bits per heavy atom. The van der Waals surface area contributed by atoms with E-state index >= 15 is 0 Å². The largest absolute Gasteiger partial charge is 0.388 e. The highest BCUT2D eigenvalue weighted by Gasteiger charge is 2.14. The maximum absolute atomic E-state index is 12.7. The van der Waals surface area contributed by atoms with Gasteiger partial charge < -0.3 is 10.6 Å². The third-order valence-electron chi connectivity index (χ3n) is 3.54. The van der Waals surface area contributed by atoms with Crippen LogP contribution in [-0.4, -0.2) is 19.4 Å². The quantitative estimate of drug-likeness (QED) is 0.788. The average molecular weight is 282 g/mol. The van der Waals surface area contributed by atoms with E-state index in [1.165, 1.54) is 5.56 Å². The summed E-state index contributed by atoms with van der Waals surface area (Å²) in [7, 11) is 1.87. The maximum Gasteiger partial charge on any atom is 0.195 e. The summed E-state index contributed by atoms with van der Waals surface area (Å²) in [5.41, 5.74) is 4.53. The standard InChI is InChI=1S/C18H22N2O/c1-4-13-6-11-17(20-5-2)16(12-13)18(21)14-7-9-15(19-3)10-8-14/h6-12,19-20H,4-5H2,1-3H3. The minimum atomic E-state index is 0.0592. The van der Waals surface area contributed by atoms with Crippen LogP contribution in [0.1, 0.15) is 35.3 Å². The van der Waals surface area contributed by atoms with Gasteiger partial charge in [0.2, 0.25) is 0 Å². The molecule has 0 aliphatic heterocycles. The Morgan fingerprint density at radius 3 is 2.33 bits per heavy atom. The van der Waals surface area contributed by atoms with Gasteiger partial charge in [-0.25, -0.2) is 0 Å². The van der Waals surface area contributed by atoms with Crippen LogP contribution in [0, 0.1) is 0 Å². The van der Waals surface area contributed by atoms with E-state index in [2.05, 4.69) is 23.6 Å². The summed E-state index contributed by atoms with van der Waals surface area (Å²) in [6.45, 7) is 4.92. The van der Waals surface area contributed by atoms with Gasteiger partial charge in [-0.1, -0.05) is 13.0 Å². The topological polar surface area (TPSA) is 41.1 Å². The molecule has 2 aromatic carbocycles. The minimum absolute atomic E-state index is 0.0592. The van der Waals surface area contributed by atoms with E-state index in [0.717, 1.165) is 29.9 Å². The van der Waals surface area contributed by atoms with Crippen molar-refractivity contribution >= 4 is 17.2 Å². The molecular weight excluding hydrogens is 260 g/mol. The first-order valence-corrected chi connectivity index (χ1v) is 7.38. The zero-order valence-corrected chi connectivity index (χ0v) is 12.9. The molecule has 2 rings (SSSR count). The molecule has 3 nitrogen and oxygen atoms in total. The van der Waals surface area contributed by atoms with Gasteiger partial charge in [0.25, 0.3) is 0 Å². The normalized spacial score (nSPS) is 10.2. The van der Waals surface area contributed by atoms with Gasteiger partial charge in [-0.3, -0.25) is 4.79 Å². The van der Waals surface area contributed by atoms with Crippen molar-refractivity contribution in [2.24, 2.45) is 0 Å². The summed E-state index contributed by atoms with van der Waals surface area (Å²) in [4.78, 5) is 12.7. The van der Waals surface area contributed by atoms with Crippen LogP contribution in [0.2, 0.25) is 0 Å². The molecule has 0 radical (unpaired) electrons. The van der Waals surface area contributed by atoms with Crippen molar-refractivity contribution in [2.75, 3.05) is 24.2 Å². The Hall–Kier alpha value is -2.29. The first kappa shape index (κ1) is 15.1. The molecule has 0 aromatic heterocycles. The predicted molar refractivity (Wildman–Crippen MR) is 89.4 cm³/mol. The second-order valence-electron chi connectivity index (χ2n) is 4.92. The fourth-order valence-electron chi connectivity index (χ4n) is 2.29. The Labute approximate surface area is 126 Å². The van der Waals surface area contributed by atoms with Crippen LogP contribution in [0.5, 0.6) is 0 Å². The zero-order chi connectivity index (χ0) is 15.2. The molecule has 0 heterocycles. The van der Waals surface area contributed by atoms with Crippen molar-refractivity contribution in [3.63, 3.8) is 0 Å². The summed E-state index contributed by atoms with van der Waals surface area (Å²) < 4.78 is 0. The highest BCUT2D eigenvalue weighted by atomic mass is 16.1. The fraction of sp³-hybridized carbons (Fsp3) is 0.278. The van der Waals surface area contributed by atoms with Gasteiger partial charge in [0, 0.05) is 36.1 Å². The molecule has 0 aliphatic rings. The number of rotatable bonds is 6. The van der Waals surface area contributed by atoms with Crippen molar-refractivity contribution in [1.82, 2.24) is 0 Å². The van der Waals surface area contributed by atoms with Crippen molar-refractivity contribution in [3.8, 4) is 0 Å². The number of anilines is 2. The van der Waals surface area contributed by atoms with E-state index in [1.54, 1.807) is 0 Å². The molecule has 0 bridgehead atoms. The number of benzene rings is 2. The monoisotopic (exact) mass is 282 g/mol. The molecule has 0 atom stereocenters. The van der Waals surface area contributed by atoms with Gasteiger partial charge in [-0.2, -0.15) is 0 Å². The van der Waals surface area contributed by atoms with Crippen LogP contribution >= 0.6 is 0 Å². The van der Waals surface area contributed by atoms with Crippen LogP contribution < -0.4 is 10.6 Å². The smallest absolute Gasteiger partial charge is 0.195 e. The lowest BCUT2D eigenvalue weighted by molar-refractivity contribution is 0.103. The van der Waals surface area contributed by atoms with Crippen LogP contribution in [0.3, 0.4) is 0 Å². The van der Waals surface area contributed by atoms with E-state index in [1.807, 2.05) is 50.4 Å². The van der Waals surface area contributed by atoms with E-state index < -0.39 is 0 Å². The highest BCUT2D eigenvalue weighted by molar-refractivity contribution is 6.12. The Balaban J connectivity index is 2.39. The van der Waals surface area contributed by atoms with Crippen LogP contribution in [0.15, 0.2) is 42.5 Å². The number of nitrogens with one attached hydrogen (secondary N) is 2. The van der Waals surface area contributed by atoms with Crippen molar-refractivity contribution in [3.05, 3.63) is 59.2 Å².